The average Bonchev–Trinajstić information content (AvgIpc) is 2.68. The average molecular weight is 447 g/mol. The Hall–Kier alpha value is -0.730. The van der Waals surface area contributed by atoms with Gasteiger partial charge in [-0.15, -0.1) is 0 Å². The Morgan fingerprint density at radius 3 is 2.30 bits per heavy atom. The van der Waals surface area contributed by atoms with Crippen molar-refractivity contribution < 1.29 is 28.5 Å². The number of carbonyl (C=O) groups excluding carboxylic acids is 1. The number of hydrogen-bond acceptors (Lipinski definition) is 6. The number of hydrogen-bond donors (Lipinski definition) is 0. The van der Waals surface area contributed by atoms with Crippen LogP contribution in [0.1, 0.15) is 51.4 Å². The molecule has 0 amide bonds. The third-order valence-electron chi connectivity index (χ3n) is 4.62. The maximum absolute atomic E-state index is 11.3. The van der Waals surface area contributed by atoms with Crippen molar-refractivity contribution in [2.75, 3.05) is 20.3 Å². The molecule has 2 unspecified atom stereocenters. The van der Waals surface area contributed by atoms with Gasteiger partial charge in [0.1, 0.15) is 0 Å². The number of ether oxygens (including phenoxy) is 5. The number of methoxy groups -OCH3 is 1. The Morgan fingerprint density at radius 2 is 1.78 bits per heavy atom. The van der Waals surface area contributed by atoms with E-state index in [-0.39, 0.29) is 30.8 Å². The van der Waals surface area contributed by atoms with Gasteiger partial charge in [0.25, 0.3) is 0 Å². The summed E-state index contributed by atoms with van der Waals surface area (Å²) in [6.07, 6.45) is 9.59. The van der Waals surface area contributed by atoms with Crippen LogP contribution >= 0.6 is 15.9 Å². The molecule has 0 aromatic carbocycles. The van der Waals surface area contributed by atoms with E-state index in [4.69, 9.17) is 18.9 Å². The third kappa shape index (κ3) is 8.87. The maximum atomic E-state index is 11.3. The van der Waals surface area contributed by atoms with Crippen molar-refractivity contribution in [3.63, 3.8) is 0 Å². The van der Waals surface area contributed by atoms with Crippen LogP contribution in [0.3, 0.4) is 0 Å². The molecular formula is C20H31BrO6. The van der Waals surface area contributed by atoms with Crippen molar-refractivity contribution in [3.05, 3.63) is 23.2 Å². The lowest BCUT2D eigenvalue weighted by atomic mass is 10.1. The lowest BCUT2D eigenvalue weighted by Crippen LogP contribution is -2.34. The third-order valence-corrected chi connectivity index (χ3v) is 5.13. The largest absolute Gasteiger partial charge is 0.466 e. The monoisotopic (exact) mass is 446 g/mol. The molecule has 0 aromatic rings. The summed E-state index contributed by atoms with van der Waals surface area (Å²) in [7, 11) is 1.36. The molecule has 0 radical (unpaired) electrons. The number of carbonyl (C=O) groups is 1. The van der Waals surface area contributed by atoms with Crippen LogP contribution in [0, 0.1) is 0 Å². The Labute approximate surface area is 170 Å². The number of esters is 1. The van der Waals surface area contributed by atoms with Gasteiger partial charge in [-0.2, -0.15) is 0 Å². The molecule has 0 saturated carbocycles. The fraction of sp³-hybridized carbons (Fsp3) is 0.750. The highest BCUT2D eigenvalue weighted by molar-refractivity contribution is 9.11. The van der Waals surface area contributed by atoms with E-state index in [2.05, 4.69) is 27.2 Å². The normalized spacial score (nSPS) is 25.9. The molecule has 0 aromatic heterocycles. The van der Waals surface area contributed by atoms with Crippen LogP contribution in [0.2, 0.25) is 0 Å². The SMILES string of the molecule is C=C(Br)[C@H](C[C@@H](C/C=C\C(=O)OC)OC1CCCCO1)OC1CCCCO1. The molecule has 2 saturated heterocycles. The molecule has 2 aliphatic rings. The fourth-order valence-electron chi connectivity index (χ4n) is 3.12. The highest BCUT2D eigenvalue weighted by Gasteiger charge is 2.26. The van der Waals surface area contributed by atoms with Crippen molar-refractivity contribution in [1.82, 2.24) is 0 Å². The molecule has 6 nitrogen and oxygen atoms in total. The van der Waals surface area contributed by atoms with Crippen LogP contribution in [0.15, 0.2) is 23.2 Å². The Kier molecular flexibility index (Phi) is 10.6. The van der Waals surface area contributed by atoms with Gasteiger partial charge in [0.15, 0.2) is 12.6 Å². The van der Waals surface area contributed by atoms with E-state index < -0.39 is 0 Å². The van der Waals surface area contributed by atoms with Gasteiger partial charge in [0.05, 0.1) is 19.3 Å². The summed E-state index contributed by atoms with van der Waals surface area (Å²) >= 11 is 3.47. The quantitative estimate of drug-likeness (QED) is 0.369. The molecule has 2 rings (SSSR count). The minimum atomic E-state index is -0.379. The van der Waals surface area contributed by atoms with E-state index in [1.165, 1.54) is 13.2 Å². The summed E-state index contributed by atoms with van der Waals surface area (Å²) in [4.78, 5) is 11.3. The fourth-order valence-corrected chi connectivity index (χ4v) is 3.42. The van der Waals surface area contributed by atoms with E-state index in [0.29, 0.717) is 12.8 Å². The van der Waals surface area contributed by atoms with Gasteiger partial charge >= 0.3 is 5.97 Å². The molecule has 0 aliphatic carbocycles. The molecule has 2 aliphatic heterocycles. The first-order chi connectivity index (χ1) is 13.1. The number of rotatable bonds is 10. The zero-order chi connectivity index (χ0) is 19.5. The van der Waals surface area contributed by atoms with Gasteiger partial charge in [0.2, 0.25) is 0 Å². The second kappa shape index (κ2) is 12.7. The van der Waals surface area contributed by atoms with Crippen molar-refractivity contribution in [3.8, 4) is 0 Å². The highest BCUT2D eigenvalue weighted by Crippen LogP contribution is 2.27. The van der Waals surface area contributed by atoms with Gasteiger partial charge in [0, 0.05) is 30.2 Å². The van der Waals surface area contributed by atoms with Crippen molar-refractivity contribution >= 4 is 21.9 Å². The molecule has 7 heteroatoms. The lowest BCUT2D eigenvalue weighted by molar-refractivity contribution is -0.208. The van der Waals surface area contributed by atoms with Crippen molar-refractivity contribution in [2.45, 2.75) is 76.2 Å². The summed E-state index contributed by atoms with van der Waals surface area (Å²) in [5, 5.41) is 0. The van der Waals surface area contributed by atoms with E-state index >= 15 is 0 Å². The summed E-state index contributed by atoms with van der Waals surface area (Å²) in [5.41, 5.74) is 0. The van der Waals surface area contributed by atoms with Crippen LogP contribution in [-0.4, -0.2) is 51.1 Å². The summed E-state index contributed by atoms with van der Waals surface area (Å²) < 4.78 is 29.1. The van der Waals surface area contributed by atoms with Gasteiger partial charge in [-0.25, -0.2) is 4.79 Å². The van der Waals surface area contributed by atoms with Gasteiger partial charge in [-0.05, 0) is 44.9 Å². The maximum Gasteiger partial charge on any atom is 0.330 e. The topological polar surface area (TPSA) is 63.2 Å². The molecular weight excluding hydrogens is 416 g/mol. The Morgan fingerprint density at radius 1 is 1.15 bits per heavy atom. The predicted octanol–water partition coefficient (Wildman–Crippen LogP) is 4.23. The first-order valence-corrected chi connectivity index (χ1v) is 10.5. The smallest absolute Gasteiger partial charge is 0.330 e. The van der Waals surface area contributed by atoms with E-state index in [1.807, 2.05) is 0 Å². The van der Waals surface area contributed by atoms with Crippen molar-refractivity contribution in [1.29, 1.82) is 0 Å². The summed E-state index contributed by atoms with van der Waals surface area (Å²) in [6, 6.07) is 0. The summed E-state index contributed by atoms with van der Waals surface area (Å²) in [6.45, 7) is 5.44. The van der Waals surface area contributed by atoms with Crippen LogP contribution in [0.4, 0.5) is 0 Å². The van der Waals surface area contributed by atoms with Gasteiger partial charge in [-0.3, -0.25) is 0 Å². The first-order valence-electron chi connectivity index (χ1n) is 9.71. The molecule has 2 fully saturated rings. The molecule has 154 valence electrons. The molecule has 0 spiro atoms. The summed E-state index contributed by atoms with van der Waals surface area (Å²) in [5.74, 6) is -0.379. The minimum absolute atomic E-state index is 0.170. The second-order valence-corrected chi connectivity index (χ2v) is 7.84. The van der Waals surface area contributed by atoms with Crippen LogP contribution in [0.25, 0.3) is 0 Å². The molecule has 27 heavy (non-hydrogen) atoms. The van der Waals surface area contributed by atoms with Crippen molar-refractivity contribution in [2.24, 2.45) is 0 Å². The van der Waals surface area contributed by atoms with Crippen LogP contribution < -0.4 is 0 Å². The molecule has 0 bridgehead atoms. The lowest BCUT2D eigenvalue weighted by Gasteiger charge is -2.32. The molecule has 2 heterocycles. The Bertz CT molecular complexity index is 483. The second-order valence-electron chi connectivity index (χ2n) is 6.82. The van der Waals surface area contributed by atoms with E-state index in [1.54, 1.807) is 6.08 Å². The zero-order valence-corrected chi connectivity index (χ0v) is 17.7. The highest BCUT2D eigenvalue weighted by atomic mass is 79.9. The Balaban J connectivity index is 1.95. The van der Waals surface area contributed by atoms with Gasteiger partial charge < -0.3 is 23.7 Å². The van der Waals surface area contributed by atoms with Crippen LogP contribution in [-0.2, 0) is 28.5 Å². The van der Waals surface area contributed by atoms with E-state index in [9.17, 15) is 4.79 Å². The zero-order valence-electron chi connectivity index (χ0n) is 16.1. The van der Waals surface area contributed by atoms with Gasteiger partial charge in [-0.1, -0.05) is 28.6 Å². The van der Waals surface area contributed by atoms with Crippen LogP contribution in [0.5, 0.6) is 0 Å². The first kappa shape index (κ1) is 22.6. The van der Waals surface area contributed by atoms with E-state index in [0.717, 1.165) is 56.2 Å². The minimum Gasteiger partial charge on any atom is -0.466 e. The molecule has 0 N–H and O–H groups in total. The number of halogens is 1. The standard InChI is InChI=1S/C20H31BrO6/c1-15(21)17(27-20-11-4-6-13-25-20)14-16(8-7-9-18(22)23-2)26-19-10-3-5-12-24-19/h7,9,16-17,19-20H,1,3-6,8,10-14H2,2H3/b9-7-/t16-,17+,19?,20?/m1/s1. The molecule has 4 atom stereocenters. The predicted molar refractivity (Wildman–Crippen MR) is 105 cm³/mol.